The van der Waals surface area contributed by atoms with Crippen LogP contribution in [0.2, 0.25) is 0 Å². The van der Waals surface area contributed by atoms with Gasteiger partial charge in [0, 0.05) is 5.92 Å². The van der Waals surface area contributed by atoms with Gasteiger partial charge in [0.05, 0.1) is 6.42 Å². The van der Waals surface area contributed by atoms with Crippen molar-refractivity contribution in [3.8, 4) is 5.75 Å². The van der Waals surface area contributed by atoms with Gasteiger partial charge in [-0.2, -0.15) is 13.2 Å². The van der Waals surface area contributed by atoms with Crippen LogP contribution in [0.1, 0.15) is 23.5 Å². The fourth-order valence-corrected chi connectivity index (χ4v) is 2.06. The second-order valence-electron chi connectivity index (χ2n) is 4.51. The third-order valence-corrected chi connectivity index (χ3v) is 3.00. The van der Waals surface area contributed by atoms with Gasteiger partial charge in [-0.05, 0) is 35.4 Å². The summed E-state index contributed by atoms with van der Waals surface area (Å²) in [5, 5.41) is 9.21. The Kier molecular flexibility index (Phi) is 3.97. The molecule has 106 valence electrons. The highest BCUT2D eigenvalue weighted by Gasteiger charge is 2.33. The van der Waals surface area contributed by atoms with Gasteiger partial charge < -0.3 is 5.11 Å². The Hall–Kier alpha value is -2.04. The van der Waals surface area contributed by atoms with Crippen molar-refractivity contribution in [2.24, 2.45) is 0 Å². The van der Waals surface area contributed by atoms with Gasteiger partial charge in [-0.3, -0.25) is 0 Å². The Balaban J connectivity index is 2.38. The lowest BCUT2D eigenvalue weighted by Crippen LogP contribution is -2.15. The molecule has 1 unspecified atom stereocenters. The van der Waals surface area contributed by atoms with E-state index in [2.05, 4.69) is 0 Å². The van der Waals surface area contributed by atoms with Crippen molar-refractivity contribution in [1.82, 2.24) is 0 Å². The number of alkyl halides is 3. The number of phenolic OH excluding ortho intramolecular Hbond substituents is 1. The Bertz CT molecular complexity index is 512. The highest BCUT2D eigenvalue weighted by Crippen LogP contribution is 2.36. The van der Waals surface area contributed by atoms with Crippen molar-refractivity contribution in [3.05, 3.63) is 65.5 Å². The van der Waals surface area contributed by atoms with Gasteiger partial charge in [0.25, 0.3) is 0 Å². The smallest absolute Gasteiger partial charge is 0.390 e. The van der Waals surface area contributed by atoms with Gasteiger partial charge >= 0.3 is 6.18 Å². The summed E-state index contributed by atoms with van der Waals surface area (Å²) in [4.78, 5) is 0. The normalized spacial score (nSPS) is 13.2. The van der Waals surface area contributed by atoms with Crippen LogP contribution < -0.4 is 0 Å². The van der Waals surface area contributed by atoms with Crippen LogP contribution >= 0.6 is 0 Å². The molecule has 5 heteroatoms. The molecule has 0 radical (unpaired) electrons. The zero-order chi connectivity index (χ0) is 14.8. The van der Waals surface area contributed by atoms with E-state index in [4.69, 9.17) is 0 Å². The molecule has 0 bridgehead atoms. The molecule has 0 aromatic heterocycles. The lowest BCUT2D eigenvalue weighted by molar-refractivity contribution is -0.136. The minimum absolute atomic E-state index is 0.0152. The molecule has 0 saturated heterocycles. The van der Waals surface area contributed by atoms with Crippen LogP contribution in [0.25, 0.3) is 0 Å². The van der Waals surface area contributed by atoms with Crippen LogP contribution in [-0.2, 0) is 0 Å². The summed E-state index contributed by atoms with van der Waals surface area (Å²) in [6.07, 6.45) is -5.37. The van der Waals surface area contributed by atoms with Crippen LogP contribution in [0.5, 0.6) is 5.75 Å². The van der Waals surface area contributed by atoms with Gasteiger partial charge in [0.1, 0.15) is 11.6 Å². The highest BCUT2D eigenvalue weighted by atomic mass is 19.4. The maximum atomic E-state index is 12.9. The molecule has 2 aromatic rings. The minimum Gasteiger partial charge on any atom is -0.508 e. The van der Waals surface area contributed by atoms with Gasteiger partial charge in [-0.25, -0.2) is 4.39 Å². The Labute approximate surface area is 113 Å². The number of hydrogen-bond acceptors (Lipinski definition) is 1. The first kappa shape index (κ1) is 14.4. The first-order chi connectivity index (χ1) is 9.35. The maximum Gasteiger partial charge on any atom is 0.390 e. The molecule has 0 aliphatic heterocycles. The van der Waals surface area contributed by atoms with Crippen molar-refractivity contribution in [2.75, 3.05) is 0 Å². The summed E-state index contributed by atoms with van der Waals surface area (Å²) in [5.74, 6) is -1.43. The second-order valence-corrected chi connectivity index (χ2v) is 4.51. The quantitative estimate of drug-likeness (QED) is 0.816. The summed E-state index contributed by atoms with van der Waals surface area (Å²) >= 11 is 0. The third-order valence-electron chi connectivity index (χ3n) is 3.00. The van der Waals surface area contributed by atoms with Gasteiger partial charge in [-0.1, -0.05) is 24.3 Å². The van der Waals surface area contributed by atoms with E-state index in [1.54, 1.807) is 0 Å². The average Bonchev–Trinajstić information content (AvgIpc) is 2.37. The number of rotatable bonds is 3. The molecule has 0 aliphatic carbocycles. The third kappa shape index (κ3) is 3.73. The van der Waals surface area contributed by atoms with E-state index < -0.39 is 24.3 Å². The molecule has 0 saturated carbocycles. The fourth-order valence-electron chi connectivity index (χ4n) is 2.06. The van der Waals surface area contributed by atoms with E-state index in [9.17, 15) is 22.7 Å². The van der Waals surface area contributed by atoms with E-state index in [0.717, 1.165) is 12.1 Å². The predicted molar refractivity (Wildman–Crippen MR) is 67.0 cm³/mol. The standard InChI is InChI=1S/C15H12F4O/c16-12-5-1-10(2-6-12)14(9-15(17,18)19)11-3-7-13(20)8-4-11/h1-8,14,20H,9H2. The van der Waals surface area contributed by atoms with Crippen LogP contribution in [0.3, 0.4) is 0 Å². The molecular formula is C15H12F4O. The van der Waals surface area contributed by atoms with E-state index in [-0.39, 0.29) is 5.75 Å². The van der Waals surface area contributed by atoms with Crippen molar-refractivity contribution in [1.29, 1.82) is 0 Å². The molecule has 0 aliphatic rings. The predicted octanol–water partition coefficient (Wildman–Crippen LogP) is 4.62. The molecule has 2 aromatic carbocycles. The molecule has 1 atom stereocenters. The molecule has 2 rings (SSSR count). The van der Waals surface area contributed by atoms with E-state index >= 15 is 0 Å². The first-order valence-corrected chi connectivity index (χ1v) is 5.96. The summed E-state index contributed by atoms with van der Waals surface area (Å²) in [5.41, 5.74) is 0.807. The van der Waals surface area contributed by atoms with Crippen LogP contribution in [-0.4, -0.2) is 11.3 Å². The summed E-state index contributed by atoms with van der Waals surface area (Å²) in [6.45, 7) is 0. The molecule has 20 heavy (non-hydrogen) atoms. The number of phenols is 1. The number of halogens is 4. The molecule has 0 spiro atoms. The minimum atomic E-state index is -4.34. The van der Waals surface area contributed by atoms with Crippen LogP contribution in [0, 0.1) is 5.82 Å². The average molecular weight is 284 g/mol. The lowest BCUT2D eigenvalue weighted by atomic mass is 9.88. The molecular weight excluding hydrogens is 272 g/mol. The van der Waals surface area contributed by atoms with Gasteiger partial charge in [0.15, 0.2) is 0 Å². The SMILES string of the molecule is Oc1ccc(C(CC(F)(F)F)c2ccc(F)cc2)cc1. The number of benzene rings is 2. The molecule has 0 amide bonds. The fraction of sp³-hybridized carbons (Fsp3) is 0.200. The first-order valence-electron chi connectivity index (χ1n) is 5.96. The van der Waals surface area contributed by atoms with Gasteiger partial charge in [0.2, 0.25) is 0 Å². The van der Waals surface area contributed by atoms with Crippen molar-refractivity contribution in [3.63, 3.8) is 0 Å². The van der Waals surface area contributed by atoms with Crippen molar-refractivity contribution >= 4 is 0 Å². The Morgan fingerprint density at radius 2 is 1.30 bits per heavy atom. The van der Waals surface area contributed by atoms with E-state index in [1.165, 1.54) is 36.4 Å². The molecule has 0 fully saturated rings. The second kappa shape index (κ2) is 5.53. The Morgan fingerprint density at radius 3 is 1.75 bits per heavy atom. The van der Waals surface area contributed by atoms with E-state index in [1.807, 2.05) is 0 Å². The zero-order valence-electron chi connectivity index (χ0n) is 10.4. The molecule has 0 heterocycles. The van der Waals surface area contributed by atoms with Crippen molar-refractivity contribution < 1.29 is 22.7 Å². The van der Waals surface area contributed by atoms with Crippen LogP contribution in [0.15, 0.2) is 48.5 Å². The number of aromatic hydroxyl groups is 1. The molecule has 1 N–H and O–H groups in total. The van der Waals surface area contributed by atoms with E-state index in [0.29, 0.717) is 11.1 Å². The maximum absolute atomic E-state index is 12.9. The highest BCUT2D eigenvalue weighted by molar-refractivity contribution is 5.35. The lowest BCUT2D eigenvalue weighted by Gasteiger charge is -2.20. The summed E-state index contributed by atoms with van der Waals surface area (Å²) in [6, 6.07) is 10.5. The monoisotopic (exact) mass is 284 g/mol. The largest absolute Gasteiger partial charge is 0.508 e. The van der Waals surface area contributed by atoms with Crippen molar-refractivity contribution in [2.45, 2.75) is 18.5 Å². The topological polar surface area (TPSA) is 20.2 Å². The summed E-state index contributed by atoms with van der Waals surface area (Å²) in [7, 11) is 0. The number of hydrogen-bond donors (Lipinski definition) is 1. The summed E-state index contributed by atoms with van der Waals surface area (Å²) < 4.78 is 51.0. The zero-order valence-corrected chi connectivity index (χ0v) is 10.4. The Morgan fingerprint density at radius 1 is 0.850 bits per heavy atom. The van der Waals surface area contributed by atoms with Gasteiger partial charge in [-0.15, -0.1) is 0 Å². The molecule has 1 nitrogen and oxygen atoms in total. The van der Waals surface area contributed by atoms with Crippen LogP contribution in [0.4, 0.5) is 17.6 Å².